The van der Waals surface area contributed by atoms with Crippen molar-refractivity contribution in [2.45, 2.75) is 70.9 Å². The van der Waals surface area contributed by atoms with Crippen LogP contribution in [0.5, 0.6) is 11.5 Å². The molecule has 0 bridgehead atoms. The van der Waals surface area contributed by atoms with Crippen LogP contribution in [-0.4, -0.2) is 55.7 Å². The van der Waals surface area contributed by atoms with Gasteiger partial charge in [0.15, 0.2) is 17.9 Å². The van der Waals surface area contributed by atoms with Gasteiger partial charge in [-0.05, 0) is 62.6 Å². The van der Waals surface area contributed by atoms with Crippen LogP contribution in [0, 0.1) is 5.92 Å². The molecule has 1 heterocycles. The van der Waals surface area contributed by atoms with Crippen LogP contribution in [0.25, 0.3) is 0 Å². The summed E-state index contributed by atoms with van der Waals surface area (Å²) < 4.78 is 23.0. The van der Waals surface area contributed by atoms with Gasteiger partial charge < -0.3 is 24.1 Å². The minimum Gasteiger partial charge on any atom is -0.507 e. The maximum absolute atomic E-state index is 13.9. The first-order chi connectivity index (χ1) is 18.3. The SMILES string of the molecule is CCc1c2c(c(O)c3c1C(=O)c1cccc(OC)c1C3=O)[C@@H](O[C@H]1CCC[C@H](C)O1)C[C@H](C(=O)COC)C2. The third-order valence-corrected chi connectivity index (χ3v) is 8.02. The molecule has 8 heteroatoms. The van der Waals surface area contributed by atoms with E-state index in [1.54, 1.807) is 18.2 Å². The van der Waals surface area contributed by atoms with Gasteiger partial charge in [0.05, 0.1) is 30.4 Å². The molecule has 5 rings (SSSR count). The Hall–Kier alpha value is -3.07. The van der Waals surface area contributed by atoms with Crippen molar-refractivity contribution in [3.05, 3.63) is 57.1 Å². The summed E-state index contributed by atoms with van der Waals surface area (Å²) in [6.45, 7) is 3.87. The molecule has 8 nitrogen and oxygen atoms in total. The highest BCUT2D eigenvalue weighted by Gasteiger charge is 2.43. The molecule has 38 heavy (non-hydrogen) atoms. The van der Waals surface area contributed by atoms with E-state index in [-0.39, 0.29) is 58.0 Å². The number of carbonyl (C=O) groups excluding carboxylic acids is 3. The van der Waals surface area contributed by atoms with Crippen LogP contribution in [0.15, 0.2) is 18.2 Å². The maximum Gasteiger partial charge on any atom is 0.201 e. The zero-order valence-electron chi connectivity index (χ0n) is 22.3. The van der Waals surface area contributed by atoms with Crippen LogP contribution in [0.2, 0.25) is 0 Å². The molecule has 3 aliphatic rings. The van der Waals surface area contributed by atoms with Gasteiger partial charge in [0.2, 0.25) is 5.78 Å². The minimum atomic E-state index is -0.683. The van der Waals surface area contributed by atoms with Crippen molar-refractivity contribution in [3.8, 4) is 11.5 Å². The Morgan fingerprint density at radius 1 is 1.11 bits per heavy atom. The Balaban J connectivity index is 1.69. The van der Waals surface area contributed by atoms with Crippen LogP contribution in [0.1, 0.15) is 94.2 Å². The molecule has 1 aliphatic heterocycles. The van der Waals surface area contributed by atoms with Crippen LogP contribution in [-0.2, 0) is 31.8 Å². The van der Waals surface area contributed by atoms with E-state index in [1.165, 1.54) is 14.2 Å². The molecule has 202 valence electrons. The molecule has 0 aromatic heterocycles. The number of Topliss-reactive ketones (excluding diaryl/α,β-unsaturated/α-hetero) is 1. The number of carbonyl (C=O) groups is 3. The highest BCUT2D eigenvalue weighted by Crippen LogP contribution is 2.49. The van der Waals surface area contributed by atoms with E-state index in [9.17, 15) is 19.5 Å². The van der Waals surface area contributed by atoms with Gasteiger partial charge in [-0.1, -0.05) is 19.1 Å². The van der Waals surface area contributed by atoms with Gasteiger partial charge >= 0.3 is 0 Å². The molecule has 0 unspecified atom stereocenters. The van der Waals surface area contributed by atoms with Crippen LogP contribution in [0.4, 0.5) is 0 Å². The molecule has 0 amide bonds. The van der Waals surface area contributed by atoms with Gasteiger partial charge in [0.25, 0.3) is 0 Å². The summed E-state index contributed by atoms with van der Waals surface area (Å²) in [5, 5.41) is 11.7. The quantitative estimate of drug-likeness (QED) is 0.484. The summed E-state index contributed by atoms with van der Waals surface area (Å²) in [6.07, 6.45) is 2.53. The third-order valence-electron chi connectivity index (χ3n) is 8.02. The molecule has 0 spiro atoms. The number of ether oxygens (including phenoxy) is 4. The van der Waals surface area contributed by atoms with Crippen LogP contribution < -0.4 is 4.74 Å². The van der Waals surface area contributed by atoms with Crippen molar-refractivity contribution >= 4 is 17.3 Å². The van der Waals surface area contributed by atoms with E-state index >= 15 is 0 Å². The lowest BCUT2D eigenvalue weighted by atomic mass is 9.71. The van der Waals surface area contributed by atoms with Gasteiger partial charge in [-0.2, -0.15) is 0 Å². The van der Waals surface area contributed by atoms with E-state index in [1.807, 2.05) is 13.8 Å². The topological polar surface area (TPSA) is 108 Å². The minimum absolute atomic E-state index is 0.0178. The highest BCUT2D eigenvalue weighted by molar-refractivity contribution is 6.31. The fourth-order valence-electron chi connectivity index (χ4n) is 6.27. The second-order valence-corrected chi connectivity index (χ2v) is 10.3. The van der Waals surface area contributed by atoms with E-state index in [2.05, 4.69) is 0 Å². The monoisotopic (exact) mass is 522 g/mol. The van der Waals surface area contributed by atoms with E-state index in [4.69, 9.17) is 18.9 Å². The maximum atomic E-state index is 13.9. The second-order valence-electron chi connectivity index (χ2n) is 10.3. The summed E-state index contributed by atoms with van der Waals surface area (Å²) in [5.41, 5.74) is 2.42. The highest BCUT2D eigenvalue weighted by atomic mass is 16.7. The van der Waals surface area contributed by atoms with E-state index < -0.39 is 24.1 Å². The van der Waals surface area contributed by atoms with Gasteiger partial charge in [-0.15, -0.1) is 0 Å². The largest absolute Gasteiger partial charge is 0.507 e. The Morgan fingerprint density at radius 2 is 1.89 bits per heavy atom. The number of aromatic hydroxyl groups is 1. The van der Waals surface area contributed by atoms with E-state index in [0.717, 1.165) is 12.8 Å². The van der Waals surface area contributed by atoms with Crippen molar-refractivity contribution < 1.29 is 38.4 Å². The number of benzene rings is 2. The Kier molecular flexibility index (Phi) is 7.40. The molecule has 2 aromatic carbocycles. The molecule has 1 saturated heterocycles. The number of hydrogen-bond acceptors (Lipinski definition) is 8. The van der Waals surface area contributed by atoms with Crippen molar-refractivity contribution in [1.29, 1.82) is 0 Å². The lowest BCUT2D eigenvalue weighted by Gasteiger charge is -2.38. The van der Waals surface area contributed by atoms with Crippen LogP contribution in [0.3, 0.4) is 0 Å². The zero-order chi connectivity index (χ0) is 27.1. The average molecular weight is 523 g/mol. The molecule has 2 aromatic rings. The van der Waals surface area contributed by atoms with E-state index in [0.29, 0.717) is 42.4 Å². The first-order valence-electron chi connectivity index (χ1n) is 13.3. The van der Waals surface area contributed by atoms with Crippen molar-refractivity contribution in [2.75, 3.05) is 20.8 Å². The zero-order valence-corrected chi connectivity index (χ0v) is 22.3. The summed E-state index contributed by atoms with van der Waals surface area (Å²) in [4.78, 5) is 40.7. The van der Waals surface area contributed by atoms with Gasteiger partial charge in [-0.25, -0.2) is 0 Å². The summed E-state index contributed by atoms with van der Waals surface area (Å²) in [5.74, 6) is -1.26. The standard InChI is InChI=1S/C30H34O8/c1-5-17-19-12-16(20(31)14-35-3)13-22(38-23-11-6-8-15(2)37-23)25(19)30(34)27-26(17)28(32)18-9-7-10-21(36-4)24(18)29(27)33/h7,9-10,15-16,22-23,34H,5-6,8,11-14H2,1-4H3/t15-,16+,22-,23-/m0/s1. The molecule has 1 N–H and O–H groups in total. The molecule has 2 aliphatic carbocycles. The first-order valence-corrected chi connectivity index (χ1v) is 13.3. The van der Waals surface area contributed by atoms with Gasteiger partial charge in [0, 0.05) is 29.7 Å². The van der Waals surface area contributed by atoms with Gasteiger partial charge in [-0.3, -0.25) is 14.4 Å². The normalized spacial score (nSPS) is 24.4. The van der Waals surface area contributed by atoms with Crippen molar-refractivity contribution in [3.63, 3.8) is 0 Å². The smallest absolute Gasteiger partial charge is 0.201 e. The number of fused-ring (bicyclic) bond motifs is 3. The number of methoxy groups -OCH3 is 2. The molecule has 0 saturated carbocycles. The lowest BCUT2D eigenvalue weighted by molar-refractivity contribution is -0.216. The Morgan fingerprint density at radius 3 is 2.58 bits per heavy atom. The number of ketones is 3. The number of rotatable bonds is 7. The second kappa shape index (κ2) is 10.6. The third kappa shape index (κ3) is 4.34. The Labute approximate surface area is 222 Å². The number of hydrogen-bond donors (Lipinski definition) is 1. The summed E-state index contributed by atoms with van der Waals surface area (Å²) in [6, 6.07) is 4.91. The first kappa shape index (κ1) is 26.5. The molecule has 0 radical (unpaired) electrons. The molecule has 1 fully saturated rings. The molecule has 4 atom stereocenters. The fourth-order valence-corrected chi connectivity index (χ4v) is 6.27. The number of phenolic OH excluding ortho intramolecular Hbond substituents is 1. The molecular formula is C30H34O8. The summed E-state index contributed by atoms with van der Waals surface area (Å²) in [7, 11) is 2.93. The fraction of sp³-hybridized carbons (Fsp3) is 0.500. The van der Waals surface area contributed by atoms with Gasteiger partial charge in [0.1, 0.15) is 18.1 Å². The van der Waals surface area contributed by atoms with Crippen molar-refractivity contribution in [1.82, 2.24) is 0 Å². The van der Waals surface area contributed by atoms with Crippen molar-refractivity contribution in [2.24, 2.45) is 5.92 Å². The average Bonchev–Trinajstić information content (AvgIpc) is 2.91. The predicted octanol–water partition coefficient (Wildman–Crippen LogP) is 4.49. The Bertz CT molecular complexity index is 1300. The van der Waals surface area contributed by atoms with Crippen LogP contribution >= 0.6 is 0 Å². The predicted molar refractivity (Wildman–Crippen MR) is 138 cm³/mol. The summed E-state index contributed by atoms with van der Waals surface area (Å²) >= 11 is 0. The number of phenols is 1. The lowest BCUT2D eigenvalue weighted by Crippen LogP contribution is -2.35. The molecular weight excluding hydrogens is 488 g/mol.